The minimum atomic E-state index is 0.265. The van der Waals surface area contributed by atoms with Gasteiger partial charge < -0.3 is 10.6 Å². The van der Waals surface area contributed by atoms with E-state index in [2.05, 4.69) is 17.6 Å². The van der Waals surface area contributed by atoms with E-state index in [-0.39, 0.29) is 5.91 Å². The van der Waals surface area contributed by atoms with Gasteiger partial charge in [-0.05, 0) is 50.1 Å². The number of carbonyl (C=O) groups excluding carboxylic acids is 1. The maximum absolute atomic E-state index is 11.9. The van der Waals surface area contributed by atoms with Crippen molar-refractivity contribution in [2.45, 2.75) is 51.9 Å². The minimum Gasteiger partial charge on any atom is -0.356 e. The standard InChI is InChI=1S/C15H28N2O/c1-12-5-2-3-7-14(12)11-17-15(18)9-13-6-4-8-16-10-13/h12-14,16H,2-11H2,1H3,(H,17,18). The number of rotatable bonds is 4. The van der Waals surface area contributed by atoms with E-state index in [0.29, 0.717) is 18.3 Å². The van der Waals surface area contributed by atoms with Gasteiger partial charge in [-0.15, -0.1) is 0 Å². The van der Waals surface area contributed by atoms with Crippen LogP contribution in [-0.4, -0.2) is 25.5 Å². The van der Waals surface area contributed by atoms with E-state index in [0.717, 1.165) is 25.6 Å². The molecule has 0 aromatic rings. The van der Waals surface area contributed by atoms with E-state index < -0.39 is 0 Å². The maximum atomic E-state index is 11.9. The average molecular weight is 252 g/mol. The lowest BCUT2D eigenvalue weighted by Crippen LogP contribution is -2.37. The zero-order valence-electron chi connectivity index (χ0n) is 11.7. The van der Waals surface area contributed by atoms with Crippen molar-refractivity contribution in [2.75, 3.05) is 19.6 Å². The van der Waals surface area contributed by atoms with Crippen LogP contribution in [0.25, 0.3) is 0 Å². The van der Waals surface area contributed by atoms with Crippen LogP contribution in [0.5, 0.6) is 0 Å². The fourth-order valence-electron chi connectivity index (χ4n) is 3.37. The van der Waals surface area contributed by atoms with Gasteiger partial charge in [0.25, 0.3) is 0 Å². The highest BCUT2D eigenvalue weighted by molar-refractivity contribution is 5.76. The minimum absolute atomic E-state index is 0.265. The number of carbonyl (C=O) groups is 1. The highest BCUT2D eigenvalue weighted by Crippen LogP contribution is 2.28. The molecule has 0 aromatic carbocycles. The second kappa shape index (κ2) is 7.13. The Morgan fingerprint density at radius 3 is 2.78 bits per heavy atom. The van der Waals surface area contributed by atoms with E-state index >= 15 is 0 Å². The van der Waals surface area contributed by atoms with E-state index in [1.54, 1.807) is 0 Å². The van der Waals surface area contributed by atoms with Crippen molar-refractivity contribution >= 4 is 5.91 Å². The van der Waals surface area contributed by atoms with Gasteiger partial charge in [-0.1, -0.05) is 26.2 Å². The molecule has 3 atom stereocenters. The third kappa shape index (κ3) is 4.27. The van der Waals surface area contributed by atoms with Gasteiger partial charge in [-0.25, -0.2) is 0 Å². The molecule has 3 nitrogen and oxygen atoms in total. The molecule has 1 saturated heterocycles. The molecule has 1 heterocycles. The summed E-state index contributed by atoms with van der Waals surface area (Å²) in [7, 11) is 0. The van der Waals surface area contributed by atoms with Crippen molar-refractivity contribution in [1.82, 2.24) is 10.6 Å². The fraction of sp³-hybridized carbons (Fsp3) is 0.933. The Bertz CT molecular complexity index is 261. The molecule has 0 bridgehead atoms. The predicted octanol–water partition coefficient (Wildman–Crippen LogP) is 2.32. The highest BCUT2D eigenvalue weighted by atomic mass is 16.1. The van der Waals surface area contributed by atoms with E-state index in [4.69, 9.17) is 0 Å². The zero-order valence-corrected chi connectivity index (χ0v) is 11.7. The molecule has 104 valence electrons. The monoisotopic (exact) mass is 252 g/mol. The molecule has 0 aromatic heterocycles. The Labute approximate surface area is 111 Å². The molecule has 2 fully saturated rings. The molecule has 1 amide bonds. The molecule has 2 rings (SSSR count). The number of hydrogen-bond donors (Lipinski definition) is 2. The Kier molecular flexibility index (Phi) is 5.48. The van der Waals surface area contributed by atoms with Crippen LogP contribution < -0.4 is 10.6 Å². The van der Waals surface area contributed by atoms with E-state index in [1.165, 1.54) is 38.5 Å². The molecule has 18 heavy (non-hydrogen) atoms. The van der Waals surface area contributed by atoms with Crippen LogP contribution in [0.1, 0.15) is 51.9 Å². The van der Waals surface area contributed by atoms with Crippen molar-refractivity contribution in [1.29, 1.82) is 0 Å². The lowest BCUT2D eigenvalue weighted by Gasteiger charge is -2.29. The molecule has 0 spiro atoms. The Balaban J connectivity index is 1.64. The van der Waals surface area contributed by atoms with E-state index in [9.17, 15) is 4.79 Å². The second-order valence-electron chi connectivity index (χ2n) is 6.24. The SMILES string of the molecule is CC1CCCCC1CNC(=O)CC1CCCNC1. The van der Waals surface area contributed by atoms with Gasteiger partial charge in [0.1, 0.15) is 0 Å². The van der Waals surface area contributed by atoms with Gasteiger partial charge in [-0.2, -0.15) is 0 Å². The summed E-state index contributed by atoms with van der Waals surface area (Å²) in [4.78, 5) is 11.9. The lowest BCUT2D eigenvalue weighted by molar-refractivity contribution is -0.122. The van der Waals surface area contributed by atoms with Gasteiger partial charge in [0.2, 0.25) is 5.91 Å². The predicted molar refractivity (Wildman–Crippen MR) is 74.3 cm³/mol. The summed E-state index contributed by atoms with van der Waals surface area (Å²) in [6.45, 7) is 5.38. The van der Waals surface area contributed by atoms with Gasteiger partial charge in [0.05, 0.1) is 0 Å². The Hall–Kier alpha value is -0.570. The summed E-state index contributed by atoms with van der Waals surface area (Å²) in [6, 6.07) is 0. The van der Waals surface area contributed by atoms with Gasteiger partial charge in [-0.3, -0.25) is 4.79 Å². The first-order valence-electron chi connectivity index (χ1n) is 7.73. The summed E-state index contributed by atoms with van der Waals surface area (Å²) in [5.41, 5.74) is 0. The molecule has 2 N–H and O–H groups in total. The Morgan fingerprint density at radius 2 is 2.06 bits per heavy atom. The smallest absolute Gasteiger partial charge is 0.220 e. The number of hydrogen-bond acceptors (Lipinski definition) is 2. The summed E-state index contributed by atoms with van der Waals surface area (Å²) in [6.07, 6.45) is 8.50. The van der Waals surface area contributed by atoms with Gasteiger partial charge in [0, 0.05) is 13.0 Å². The van der Waals surface area contributed by atoms with Crippen LogP contribution in [0.3, 0.4) is 0 Å². The van der Waals surface area contributed by atoms with Crippen LogP contribution in [0.2, 0.25) is 0 Å². The van der Waals surface area contributed by atoms with Crippen LogP contribution in [0.4, 0.5) is 0 Å². The molecular formula is C15H28N2O. The lowest BCUT2D eigenvalue weighted by atomic mass is 9.80. The molecule has 3 unspecified atom stereocenters. The fourth-order valence-corrected chi connectivity index (χ4v) is 3.37. The average Bonchev–Trinajstić information content (AvgIpc) is 2.39. The van der Waals surface area contributed by atoms with Crippen molar-refractivity contribution in [3.8, 4) is 0 Å². The summed E-state index contributed by atoms with van der Waals surface area (Å²) in [5.74, 6) is 2.33. The second-order valence-corrected chi connectivity index (χ2v) is 6.24. The third-order valence-corrected chi connectivity index (χ3v) is 4.72. The van der Waals surface area contributed by atoms with Gasteiger partial charge >= 0.3 is 0 Å². The van der Waals surface area contributed by atoms with Crippen LogP contribution in [0, 0.1) is 17.8 Å². The number of nitrogens with one attached hydrogen (secondary N) is 2. The summed E-state index contributed by atoms with van der Waals surface area (Å²) < 4.78 is 0. The van der Waals surface area contributed by atoms with Crippen molar-refractivity contribution in [2.24, 2.45) is 17.8 Å². The summed E-state index contributed by atoms with van der Waals surface area (Å²) in [5, 5.41) is 6.54. The van der Waals surface area contributed by atoms with Gasteiger partial charge in [0.15, 0.2) is 0 Å². The van der Waals surface area contributed by atoms with Crippen molar-refractivity contribution < 1.29 is 4.79 Å². The topological polar surface area (TPSA) is 41.1 Å². The molecule has 3 heteroatoms. The third-order valence-electron chi connectivity index (χ3n) is 4.72. The zero-order chi connectivity index (χ0) is 12.8. The first kappa shape index (κ1) is 13.9. The molecule has 1 saturated carbocycles. The maximum Gasteiger partial charge on any atom is 0.220 e. The number of piperidine rings is 1. The van der Waals surface area contributed by atoms with Crippen molar-refractivity contribution in [3.05, 3.63) is 0 Å². The van der Waals surface area contributed by atoms with Crippen molar-refractivity contribution in [3.63, 3.8) is 0 Å². The molecule has 0 radical (unpaired) electrons. The molecule has 1 aliphatic carbocycles. The molecule has 2 aliphatic rings. The largest absolute Gasteiger partial charge is 0.356 e. The molecular weight excluding hydrogens is 224 g/mol. The van der Waals surface area contributed by atoms with Crippen LogP contribution >= 0.6 is 0 Å². The highest BCUT2D eigenvalue weighted by Gasteiger charge is 2.22. The Morgan fingerprint density at radius 1 is 1.22 bits per heavy atom. The quantitative estimate of drug-likeness (QED) is 0.806. The normalized spacial score (nSPS) is 33.1. The van der Waals surface area contributed by atoms with Crippen LogP contribution in [0.15, 0.2) is 0 Å². The first-order chi connectivity index (χ1) is 8.75. The summed E-state index contributed by atoms with van der Waals surface area (Å²) >= 11 is 0. The number of amides is 1. The van der Waals surface area contributed by atoms with E-state index in [1.807, 2.05) is 0 Å². The first-order valence-corrected chi connectivity index (χ1v) is 7.73. The van der Waals surface area contributed by atoms with Crippen LogP contribution in [-0.2, 0) is 4.79 Å². The molecule has 1 aliphatic heterocycles.